The molecule has 0 radical (unpaired) electrons. The van der Waals surface area contributed by atoms with E-state index in [-0.39, 0.29) is 24.0 Å². The third-order valence-corrected chi connectivity index (χ3v) is 6.26. The molecule has 0 aliphatic heterocycles. The molecule has 0 atom stereocenters. The first kappa shape index (κ1) is 25.5. The lowest BCUT2D eigenvalue weighted by Crippen LogP contribution is -2.38. The highest BCUT2D eigenvalue weighted by atomic mass is 127. The van der Waals surface area contributed by atoms with Gasteiger partial charge in [-0.25, -0.2) is 13.4 Å². The van der Waals surface area contributed by atoms with E-state index < -0.39 is 9.84 Å². The Balaban J connectivity index is 0.00000341. The summed E-state index contributed by atoms with van der Waals surface area (Å²) < 4.78 is 29.2. The Bertz CT molecular complexity index is 958. The van der Waals surface area contributed by atoms with Gasteiger partial charge in [-0.1, -0.05) is 30.3 Å². The molecule has 0 unspecified atom stereocenters. The number of guanidine groups is 1. The highest BCUT2D eigenvalue weighted by Gasteiger charge is 2.20. The summed E-state index contributed by atoms with van der Waals surface area (Å²) in [4.78, 5) is 5.05. The molecule has 1 saturated carbocycles. The smallest absolute Gasteiger partial charge is 0.191 e. The minimum absolute atomic E-state index is 0. The van der Waals surface area contributed by atoms with Gasteiger partial charge in [0.2, 0.25) is 0 Å². The molecule has 0 amide bonds. The number of hydrogen-bond acceptors (Lipinski definition) is 4. The molecule has 2 aromatic rings. The second kappa shape index (κ2) is 12.3. The molecule has 0 saturated heterocycles. The molecule has 0 bridgehead atoms. The lowest BCUT2D eigenvalue weighted by molar-refractivity contribution is 0.119. The van der Waals surface area contributed by atoms with E-state index in [1.165, 1.54) is 12.7 Å². The second-order valence-electron chi connectivity index (χ2n) is 7.57. The number of ether oxygens (including phenoxy) is 1. The number of sulfone groups is 1. The van der Waals surface area contributed by atoms with Crippen molar-refractivity contribution in [2.24, 2.45) is 4.99 Å². The Morgan fingerprint density at radius 2 is 1.81 bits per heavy atom. The number of benzene rings is 2. The predicted octanol–water partition coefficient (Wildman–Crippen LogP) is 3.94. The van der Waals surface area contributed by atoms with E-state index in [1.54, 1.807) is 12.1 Å². The van der Waals surface area contributed by atoms with Gasteiger partial charge < -0.3 is 15.4 Å². The normalized spacial score (nSPS) is 14.3. The largest absolute Gasteiger partial charge is 0.490 e. The fourth-order valence-electron chi connectivity index (χ4n) is 3.15. The Labute approximate surface area is 202 Å². The van der Waals surface area contributed by atoms with Gasteiger partial charge in [-0.3, -0.25) is 0 Å². The van der Waals surface area contributed by atoms with Crippen molar-refractivity contribution in [2.45, 2.75) is 50.2 Å². The Morgan fingerprint density at radius 3 is 2.42 bits per heavy atom. The summed E-state index contributed by atoms with van der Waals surface area (Å²) >= 11 is 0. The number of para-hydroxylation sites is 1. The maximum Gasteiger partial charge on any atom is 0.191 e. The molecule has 8 heteroatoms. The number of nitrogens with zero attached hydrogens (tertiary/aromatic N) is 1. The minimum atomic E-state index is -3.16. The quantitative estimate of drug-likeness (QED) is 0.278. The van der Waals surface area contributed by atoms with Gasteiger partial charge in [-0.15, -0.1) is 24.0 Å². The zero-order valence-corrected chi connectivity index (χ0v) is 21.3. The molecule has 1 fully saturated rings. The van der Waals surface area contributed by atoms with E-state index in [0.29, 0.717) is 24.1 Å². The SMILES string of the molecule is CCNC(=NCc1ccccc1OC1CCC1)NCCc1ccc(S(C)(=O)=O)cc1.I. The molecule has 0 spiro atoms. The van der Waals surface area contributed by atoms with Crippen LogP contribution >= 0.6 is 24.0 Å². The molecule has 31 heavy (non-hydrogen) atoms. The molecule has 2 aromatic carbocycles. The van der Waals surface area contributed by atoms with Crippen molar-refractivity contribution < 1.29 is 13.2 Å². The Morgan fingerprint density at radius 1 is 1.10 bits per heavy atom. The van der Waals surface area contributed by atoms with Gasteiger partial charge >= 0.3 is 0 Å². The molecule has 6 nitrogen and oxygen atoms in total. The highest BCUT2D eigenvalue weighted by molar-refractivity contribution is 14.0. The fourth-order valence-corrected chi connectivity index (χ4v) is 3.78. The average molecular weight is 557 g/mol. The molecule has 1 aliphatic carbocycles. The van der Waals surface area contributed by atoms with E-state index in [2.05, 4.69) is 16.7 Å². The number of rotatable bonds is 9. The van der Waals surface area contributed by atoms with Crippen molar-refractivity contribution in [1.29, 1.82) is 0 Å². The topological polar surface area (TPSA) is 79.8 Å². The Kier molecular flexibility index (Phi) is 10.1. The van der Waals surface area contributed by atoms with Crippen LogP contribution in [0.15, 0.2) is 58.4 Å². The fraction of sp³-hybridized carbons (Fsp3) is 0.435. The van der Waals surface area contributed by atoms with Crippen molar-refractivity contribution in [3.63, 3.8) is 0 Å². The molecule has 1 aliphatic rings. The first-order valence-electron chi connectivity index (χ1n) is 10.5. The van der Waals surface area contributed by atoms with Crippen LogP contribution in [0.5, 0.6) is 5.75 Å². The number of hydrogen-bond donors (Lipinski definition) is 2. The minimum Gasteiger partial charge on any atom is -0.490 e. The van der Waals surface area contributed by atoms with Crippen molar-refractivity contribution in [3.05, 3.63) is 59.7 Å². The van der Waals surface area contributed by atoms with Crippen molar-refractivity contribution >= 4 is 39.8 Å². The summed E-state index contributed by atoms with van der Waals surface area (Å²) in [6, 6.07) is 15.1. The average Bonchev–Trinajstić information content (AvgIpc) is 2.69. The van der Waals surface area contributed by atoms with Crippen LogP contribution in [-0.2, 0) is 22.8 Å². The summed E-state index contributed by atoms with van der Waals surface area (Å²) in [6.45, 7) is 4.05. The van der Waals surface area contributed by atoms with E-state index in [9.17, 15) is 8.42 Å². The number of nitrogens with one attached hydrogen (secondary N) is 2. The van der Waals surface area contributed by atoms with Crippen LogP contribution < -0.4 is 15.4 Å². The molecular formula is C23H32IN3O3S. The van der Waals surface area contributed by atoms with Crippen LogP contribution in [0.25, 0.3) is 0 Å². The molecule has 0 aromatic heterocycles. The van der Waals surface area contributed by atoms with Crippen molar-refractivity contribution in [2.75, 3.05) is 19.3 Å². The molecule has 2 N–H and O–H groups in total. The van der Waals surface area contributed by atoms with Crippen LogP contribution in [0.4, 0.5) is 0 Å². The summed E-state index contributed by atoms with van der Waals surface area (Å²) in [5.41, 5.74) is 2.16. The summed E-state index contributed by atoms with van der Waals surface area (Å²) in [5, 5.41) is 6.62. The van der Waals surface area contributed by atoms with Crippen LogP contribution in [0, 0.1) is 0 Å². The third kappa shape index (κ3) is 7.99. The van der Waals surface area contributed by atoms with Gasteiger partial charge in [0.15, 0.2) is 15.8 Å². The first-order chi connectivity index (χ1) is 14.5. The maximum absolute atomic E-state index is 11.6. The summed E-state index contributed by atoms with van der Waals surface area (Å²) in [7, 11) is -3.16. The van der Waals surface area contributed by atoms with Crippen LogP contribution in [-0.4, -0.2) is 39.8 Å². The molecule has 0 heterocycles. The maximum atomic E-state index is 11.6. The first-order valence-corrected chi connectivity index (χ1v) is 12.4. The van der Waals surface area contributed by atoms with Gasteiger partial charge in [0.1, 0.15) is 5.75 Å². The lowest BCUT2D eigenvalue weighted by atomic mass is 9.96. The summed E-state index contributed by atoms with van der Waals surface area (Å²) in [5.74, 6) is 1.68. The van der Waals surface area contributed by atoms with Crippen LogP contribution in [0.3, 0.4) is 0 Å². The monoisotopic (exact) mass is 557 g/mol. The molecular weight excluding hydrogens is 525 g/mol. The predicted molar refractivity (Wildman–Crippen MR) is 136 cm³/mol. The standard InChI is InChI=1S/C23H31N3O3S.HI/c1-3-24-23(25-16-15-18-11-13-21(14-12-18)30(2,27)28)26-17-19-7-4-5-10-22(19)29-20-8-6-9-20;/h4-5,7,10-14,20H,3,6,8-9,15-17H2,1-2H3,(H2,24,25,26);1H. The van der Waals surface area contributed by atoms with Crippen molar-refractivity contribution in [1.82, 2.24) is 10.6 Å². The van der Waals surface area contributed by atoms with Gasteiger partial charge in [-0.05, 0) is 56.4 Å². The zero-order valence-electron chi connectivity index (χ0n) is 18.1. The summed E-state index contributed by atoms with van der Waals surface area (Å²) in [6.07, 6.45) is 5.85. The van der Waals surface area contributed by atoms with Gasteiger partial charge in [0.25, 0.3) is 0 Å². The van der Waals surface area contributed by atoms with Crippen LogP contribution in [0.2, 0.25) is 0 Å². The lowest BCUT2D eigenvalue weighted by Gasteiger charge is -2.27. The van der Waals surface area contributed by atoms with E-state index in [1.807, 2.05) is 37.3 Å². The van der Waals surface area contributed by atoms with E-state index in [0.717, 1.165) is 48.6 Å². The van der Waals surface area contributed by atoms with Gasteiger partial charge in [0, 0.05) is 24.9 Å². The van der Waals surface area contributed by atoms with Gasteiger partial charge in [-0.2, -0.15) is 0 Å². The number of halogens is 1. The number of aliphatic imine (C=N–C) groups is 1. The Hall–Kier alpha value is -1.81. The molecule has 170 valence electrons. The van der Waals surface area contributed by atoms with Crippen molar-refractivity contribution in [3.8, 4) is 5.75 Å². The van der Waals surface area contributed by atoms with E-state index >= 15 is 0 Å². The molecule has 3 rings (SSSR count). The zero-order chi connectivity index (χ0) is 21.4. The van der Waals surface area contributed by atoms with E-state index in [4.69, 9.17) is 9.73 Å². The van der Waals surface area contributed by atoms with Gasteiger partial charge in [0.05, 0.1) is 17.5 Å². The third-order valence-electron chi connectivity index (χ3n) is 5.13. The van der Waals surface area contributed by atoms with Crippen LogP contribution in [0.1, 0.15) is 37.3 Å². The highest BCUT2D eigenvalue weighted by Crippen LogP contribution is 2.27. The second-order valence-corrected chi connectivity index (χ2v) is 9.58.